The van der Waals surface area contributed by atoms with Gasteiger partial charge in [-0.1, -0.05) is 0 Å². The number of methoxy groups -OCH3 is 3. The summed E-state index contributed by atoms with van der Waals surface area (Å²) in [5, 5.41) is -0.297. The average molecular weight is 365 g/mol. The Kier molecular flexibility index (Phi) is 10.5. The lowest BCUT2D eigenvalue weighted by Crippen LogP contribution is -2.36. The number of nitrogens with zero attached hydrogens (tertiary/aromatic N) is 1. The highest BCUT2D eigenvalue weighted by atomic mass is 32.2. The fourth-order valence-electron chi connectivity index (χ4n) is 2.13. The van der Waals surface area contributed by atoms with Crippen LogP contribution in [0.4, 0.5) is 0 Å². The van der Waals surface area contributed by atoms with Crippen molar-refractivity contribution in [3.63, 3.8) is 0 Å². The summed E-state index contributed by atoms with van der Waals surface area (Å²) in [6.45, 7) is 1.30. The lowest BCUT2D eigenvalue weighted by Gasteiger charge is -2.20. The van der Waals surface area contributed by atoms with Crippen LogP contribution in [0.3, 0.4) is 0 Å². The van der Waals surface area contributed by atoms with Gasteiger partial charge in [0.05, 0.1) is 31.7 Å². The van der Waals surface area contributed by atoms with E-state index in [1.807, 2.05) is 6.26 Å². The number of rotatable bonds is 13. The third-order valence-electron chi connectivity index (χ3n) is 3.64. The van der Waals surface area contributed by atoms with Gasteiger partial charge < -0.3 is 23.7 Å². The van der Waals surface area contributed by atoms with Crippen molar-refractivity contribution >= 4 is 23.6 Å². The van der Waals surface area contributed by atoms with Crippen LogP contribution in [0.1, 0.15) is 6.42 Å². The molecular formula is C15H27NO7S. The van der Waals surface area contributed by atoms with E-state index in [2.05, 4.69) is 0 Å². The van der Waals surface area contributed by atoms with E-state index in [0.717, 1.165) is 4.90 Å². The Morgan fingerprint density at radius 3 is 2.12 bits per heavy atom. The first kappa shape index (κ1) is 21.3. The molecule has 0 aromatic carbocycles. The molecule has 8 nitrogen and oxygen atoms in total. The number of thioether (sulfide) groups is 1. The Hall–Kier alpha value is -0.710. The first-order chi connectivity index (χ1) is 11.6. The Morgan fingerprint density at radius 2 is 1.62 bits per heavy atom. The molecule has 3 atom stereocenters. The molecule has 0 N–H and O–H groups in total. The van der Waals surface area contributed by atoms with Crippen LogP contribution < -0.4 is 0 Å². The largest absolute Gasteiger partial charge is 0.382 e. The van der Waals surface area contributed by atoms with Crippen molar-refractivity contribution in [2.75, 3.05) is 60.7 Å². The van der Waals surface area contributed by atoms with E-state index >= 15 is 0 Å². The van der Waals surface area contributed by atoms with Crippen LogP contribution in [0.25, 0.3) is 0 Å². The number of carbonyl (C=O) groups excluding carboxylic acids is 2. The second kappa shape index (κ2) is 11.8. The minimum atomic E-state index is -0.297. The first-order valence-electron chi connectivity index (χ1n) is 7.64. The molecule has 1 aliphatic heterocycles. The van der Waals surface area contributed by atoms with Crippen LogP contribution in [0.2, 0.25) is 0 Å². The Morgan fingerprint density at radius 1 is 1.04 bits per heavy atom. The smallest absolute Gasteiger partial charge is 0.244 e. The Balaban J connectivity index is 2.26. The van der Waals surface area contributed by atoms with Gasteiger partial charge in [-0.2, -0.15) is 11.8 Å². The summed E-state index contributed by atoms with van der Waals surface area (Å²) in [4.78, 5) is 24.9. The third-order valence-corrected chi connectivity index (χ3v) is 4.58. The number of imide groups is 1. The standard InChI is InChI=1S/C15H27NO7S/c1-19-6-11(20-2)7-22-8-12(21-3)9-23-10-16-14(17)5-13(24-4)15(16)18/h11-13H,5-10H2,1-4H3. The van der Waals surface area contributed by atoms with Gasteiger partial charge in [-0.3, -0.25) is 14.5 Å². The zero-order valence-corrected chi connectivity index (χ0v) is 15.5. The van der Waals surface area contributed by atoms with Gasteiger partial charge in [0.25, 0.3) is 0 Å². The van der Waals surface area contributed by atoms with Crippen molar-refractivity contribution in [1.82, 2.24) is 4.90 Å². The average Bonchev–Trinajstić information content (AvgIpc) is 2.86. The predicted molar refractivity (Wildman–Crippen MR) is 88.9 cm³/mol. The molecular weight excluding hydrogens is 338 g/mol. The van der Waals surface area contributed by atoms with Crippen molar-refractivity contribution in [1.29, 1.82) is 0 Å². The fourth-order valence-corrected chi connectivity index (χ4v) is 2.77. The quantitative estimate of drug-likeness (QED) is 0.426. The molecule has 0 radical (unpaired) electrons. The Bertz CT molecular complexity index is 396. The zero-order chi connectivity index (χ0) is 17.9. The summed E-state index contributed by atoms with van der Waals surface area (Å²) in [5.41, 5.74) is 0. The summed E-state index contributed by atoms with van der Waals surface area (Å²) in [6.07, 6.45) is 1.61. The molecule has 1 heterocycles. The number of ether oxygens (including phenoxy) is 5. The fraction of sp³-hybridized carbons (Fsp3) is 0.867. The molecule has 0 bridgehead atoms. The molecule has 0 aliphatic carbocycles. The van der Waals surface area contributed by atoms with E-state index in [4.69, 9.17) is 23.7 Å². The summed E-state index contributed by atoms with van der Waals surface area (Å²) in [7, 11) is 4.74. The van der Waals surface area contributed by atoms with Crippen LogP contribution in [0, 0.1) is 0 Å². The molecule has 1 saturated heterocycles. The second-order valence-electron chi connectivity index (χ2n) is 5.30. The molecule has 0 spiro atoms. The minimum Gasteiger partial charge on any atom is -0.382 e. The van der Waals surface area contributed by atoms with E-state index in [1.165, 1.54) is 11.8 Å². The molecule has 3 unspecified atom stereocenters. The van der Waals surface area contributed by atoms with E-state index < -0.39 is 0 Å². The van der Waals surface area contributed by atoms with Crippen LogP contribution >= 0.6 is 11.8 Å². The molecule has 0 saturated carbocycles. The number of carbonyl (C=O) groups is 2. The van der Waals surface area contributed by atoms with E-state index in [0.29, 0.717) is 19.8 Å². The summed E-state index contributed by atoms with van der Waals surface area (Å²) in [6, 6.07) is 0. The van der Waals surface area contributed by atoms with E-state index in [1.54, 1.807) is 21.3 Å². The molecule has 0 aromatic rings. The molecule has 24 heavy (non-hydrogen) atoms. The molecule has 9 heteroatoms. The maximum Gasteiger partial charge on any atom is 0.244 e. The monoisotopic (exact) mass is 365 g/mol. The van der Waals surface area contributed by atoms with Crippen molar-refractivity contribution in [2.45, 2.75) is 23.9 Å². The van der Waals surface area contributed by atoms with Crippen molar-refractivity contribution in [3.05, 3.63) is 0 Å². The highest BCUT2D eigenvalue weighted by Gasteiger charge is 2.38. The molecule has 1 rings (SSSR count). The first-order valence-corrected chi connectivity index (χ1v) is 8.93. The second-order valence-corrected chi connectivity index (χ2v) is 6.34. The van der Waals surface area contributed by atoms with Crippen LogP contribution in [0.15, 0.2) is 0 Å². The molecule has 1 fully saturated rings. The summed E-state index contributed by atoms with van der Waals surface area (Å²) in [5.74, 6) is -0.396. The summed E-state index contributed by atoms with van der Waals surface area (Å²) < 4.78 is 26.5. The normalized spacial score (nSPS) is 20.7. The lowest BCUT2D eigenvalue weighted by atomic mass is 10.4. The van der Waals surface area contributed by atoms with Gasteiger partial charge in [-0.15, -0.1) is 0 Å². The lowest BCUT2D eigenvalue weighted by molar-refractivity contribution is -0.146. The predicted octanol–water partition coefficient (Wildman–Crippen LogP) is 0.144. The topological polar surface area (TPSA) is 83.5 Å². The number of likely N-dealkylation sites (tertiary alicyclic amines) is 1. The van der Waals surface area contributed by atoms with Gasteiger partial charge in [0.15, 0.2) is 0 Å². The van der Waals surface area contributed by atoms with Gasteiger partial charge in [0.1, 0.15) is 18.9 Å². The van der Waals surface area contributed by atoms with Crippen LogP contribution in [-0.4, -0.2) is 94.9 Å². The zero-order valence-electron chi connectivity index (χ0n) is 14.7. The highest BCUT2D eigenvalue weighted by Crippen LogP contribution is 2.22. The number of hydrogen-bond acceptors (Lipinski definition) is 8. The summed E-state index contributed by atoms with van der Waals surface area (Å²) >= 11 is 1.38. The molecule has 2 amide bonds. The van der Waals surface area contributed by atoms with E-state index in [-0.39, 0.29) is 49.0 Å². The maximum absolute atomic E-state index is 12.0. The number of hydrogen-bond donors (Lipinski definition) is 0. The maximum atomic E-state index is 12.0. The van der Waals surface area contributed by atoms with Gasteiger partial charge >= 0.3 is 0 Å². The van der Waals surface area contributed by atoms with Crippen molar-refractivity contribution in [2.24, 2.45) is 0 Å². The minimum absolute atomic E-state index is 0.0566. The van der Waals surface area contributed by atoms with Gasteiger partial charge in [-0.25, -0.2) is 0 Å². The van der Waals surface area contributed by atoms with Gasteiger partial charge in [0, 0.05) is 27.8 Å². The van der Waals surface area contributed by atoms with E-state index in [9.17, 15) is 9.59 Å². The van der Waals surface area contributed by atoms with Gasteiger partial charge in [-0.05, 0) is 6.26 Å². The van der Waals surface area contributed by atoms with Gasteiger partial charge in [0.2, 0.25) is 11.8 Å². The number of amides is 2. The SMILES string of the molecule is COCC(COCC(COCN1C(=O)CC(SC)C1=O)OC)OC. The molecule has 0 aromatic heterocycles. The van der Waals surface area contributed by atoms with Crippen molar-refractivity contribution < 1.29 is 33.3 Å². The van der Waals surface area contributed by atoms with Crippen LogP contribution in [0.5, 0.6) is 0 Å². The highest BCUT2D eigenvalue weighted by molar-refractivity contribution is 8.00. The molecule has 140 valence electrons. The third kappa shape index (κ3) is 6.66. The van der Waals surface area contributed by atoms with Crippen LogP contribution in [-0.2, 0) is 33.3 Å². The molecule has 1 aliphatic rings. The van der Waals surface area contributed by atoms with Crippen molar-refractivity contribution in [3.8, 4) is 0 Å². The Labute approximate surface area is 147 Å².